The standard InChI is InChI=1S/C21H23N5O5S/c1-31-14-8-6-13(7-9-14)17-19(26(29)30)16(15-5-4-12-32-15)18(25-17)20(27)23-10-2-3-11-24-21(22)28/h4-9,12,25H,2-3,10-11H2,1H3,(H,23,27)(H3,22,24,28). The third-order valence-electron chi connectivity index (χ3n) is 4.72. The molecular weight excluding hydrogens is 434 g/mol. The molecule has 0 aliphatic carbocycles. The van der Waals surface area contributed by atoms with Crippen molar-refractivity contribution in [2.24, 2.45) is 5.73 Å². The lowest BCUT2D eigenvalue weighted by atomic mass is 10.1. The second-order valence-electron chi connectivity index (χ2n) is 6.82. The summed E-state index contributed by atoms with van der Waals surface area (Å²) < 4.78 is 5.16. The van der Waals surface area contributed by atoms with Crippen LogP contribution in [0.4, 0.5) is 10.5 Å². The molecule has 168 valence electrons. The van der Waals surface area contributed by atoms with Crippen molar-refractivity contribution in [1.29, 1.82) is 0 Å². The molecule has 10 nitrogen and oxygen atoms in total. The van der Waals surface area contributed by atoms with Crippen LogP contribution in [0.15, 0.2) is 41.8 Å². The third-order valence-corrected chi connectivity index (χ3v) is 5.61. The molecule has 32 heavy (non-hydrogen) atoms. The number of nitrogens with zero attached hydrogens (tertiary/aromatic N) is 1. The SMILES string of the molecule is COc1ccc(-c2[nH]c(C(=O)NCCCCNC(N)=O)c(-c3cccs3)c2[N+](=O)[O-])cc1. The number of methoxy groups -OCH3 is 1. The highest BCUT2D eigenvalue weighted by molar-refractivity contribution is 7.13. The Morgan fingerprint density at radius 2 is 1.84 bits per heavy atom. The van der Waals surface area contributed by atoms with Crippen LogP contribution in [-0.2, 0) is 0 Å². The molecule has 0 unspecified atom stereocenters. The van der Waals surface area contributed by atoms with E-state index in [0.29, 0.717) is 42.1 Å². The van der Waals surface area contributed by atoms with Gasteiger partial charge in [-0.2, -0.15) is 0 Å². The fraction of sp³-hybridized carbons (Fsp3) is 0.238. The number of ether oxygens (including phenoxy) is 1. The zero-order valence-electron chi connectivity index (χ0n) is 17.3. The summed E-state index contributed by atoms with van der Waals surface area (Å²) >= 11 is 1.31. The minimum absolute atomic E-state index is 0.125. The van der Waals surface area contributed by atoms with Crippen molar-refractivity contribution < 1.29 is 19.2 Å². The molecule has 0 bridgehead atoms. The zero-order chi connectivity index (χ0) is 23.1. The summed E-state index contributed by atoms with van der Waals surface area (Å²) in [5.74, 6) is 0.171. The highest BCUT2D eigenvalue weighted by Gasteiger charge is 2.32. The molecule has 1 aromatic carbocycles. The number of carbonyl (C=O) groups excluding carboxylic acids is 2. The molecule has 0 spiro atoms. The molecule has 0 aliphatic rings. The largest absolute Gasteiger partial charge is 0.497 e. The van der Waals surface area contributed by atoms with Gasteiger partial charge in [-0.15, -0.1) is 11.3 Å². The van der Waals surface area contributed by atoms with Gasteiger partial charge in [0.1, 0.15) is 22.7 Å². The van der Waals surface area contributed by atoms with Gasteiger partial charge < -0.3 is 26.1 Å². The number of rotatable bonds is 10. The topological polar surface area (TPSA) is 152 Å². The average Bonchev–Trinajstić information content (AvgIpc) is 3.43. The number of benzene rings is 1. The molecule has 2 aromatic heterocycles. The molecule has 0 radical (unpaired) electrons. The lowest BCUT2D eigenvalue weighted by molar-refractivity contribution is -0.383. The second-order valence-corrected chi connectivity index (χ2v) is 7.76. The van der Waals surface area contributed by atoms with Gasteiger partial charge in [0.15, 0.2) is 0 Å². The quantitative estimate of drug-likeness (QED) is 0.208. The zero-order valence-corrected chi connectivity index (χ0v) is 18.2. The molecular formula is C21H23N5O5S. The van der Waals surface area contributed by atoms with Crippen molar-refractivity contribution in [2.45, 2.75) is 12.8 Å². The Balaban J connectivity index is 1.91. The summed E-state index contributed by atoms with van der Waals surface area (Å²) in [5.41, 5.74) is 6.04. The van der Waals surface area contributed by atoms with Crippen LogP contribution in [-0.4, -0.2) is 42.0 Å². The van der Waals surface area contributed by atoms with E-state index in [2.05, 4.69) is 15.6 Å². The Hall–Kier alpha value is -3.86. The summed E-state index contributed by atoms with van der Waals surface area (Å²) in [4.78, 5) is 38.8. The minimum Gasteiger partial charge on any atom is -0.497 e. The van der Waals surface area contributed by atoms with E-state index in [0.717, 1.165) is 0 Å². The van der Waals surface area contributed by atoms with Crippen LogP contribution in [0.3, 0.4) is 0 Å². The number of hydrogen-bond donors (Lipinski definition) is 4. The van der Waals surface area contributed by atoms with Gasteiger partial charge in [-0.25, -0.2) is 4.79 Å². The van der Waals surface area contributed by atoms with Crippen molar-refractivity contribution in [1.82, 2.24) is 15.6 Å². The van der Waals surface area contributed by atoms with E-state index in [9.17, 15) is 19.7 Å². The van der Waals surface area contributed by atoms with Gasteiger partial charge in [-0.05, 0) is 48.6 Å². The van der Waals surface area contributed by atoms with Crippen molar-refractivity contribution >= 4 is 29.0 Å². The van der Waals surface area contributed by atoms with Gasteiger partial charge in [0.05, 0.1) is 12.0 Å². The Bertz CT molecular complexity index is 1090. The molecule has 3 amide bonds. The molecule has 3 rings (SSSR count). The monoisotopic (exact) mass is 457 g/mol. The number of primary amides is 1. The molecule has 0 saturated heterocycles. The van der Waals surface area contributed by atoms with Crippen LogP contribution in [0.5, 0.6) is 5.75 Å². The van der Waals surface area contributed by atoms with E-state index in [1.165, 1.54) is 18.4 Å². The lowest BCUT2D eigenvalue weighted by Crippen LogP contribution is -2.31. The summed E-state index contributed by atoms with van der Waals surface area (Å²) in [6, 6.07) is 9.71. The number of carbonyl (C=O) groups is 2. The second kappa shape index (κ2) is 10.4. The number of thiophene rings is 1. The third kappa shape index (κ3) is 5.24. The first-order chi connectivity index (χ1) is 15.4. The number of H-pyrrole nitrogens is 1. The number of aromatic amines is 1. The first-order valence-electron chi connectivity index (χ1n) is 9.82. The van der Waals surface area contributed by atoms with Crippen molar-refractivity contribution in [2.75, 3.05) is 20.2 Å². The van der Waals surface area contributed by atoms with Crippen molar-refractivity contribution in [3.63, 3.8) is 0 Å². The van der Waals surface area contributed by atoms with Crippen LogP contribution < -0.4 is 21.1 Å². The molecule has 2 heterocycles. The predicted octanol–water partition coefficient (Wildman–Crippen LogP) is 3.51. The van der Waals surface area contributed by atoms with Gasteiger partial charge in [0, 0.05) is 23.5 Å². The number of nitro groups is 1. The fourth-order valence-corrected chi connectivity index (χ4v) is 4.00. The van der Waals surface area contributed by atoms with E-state index in [1.807, 2.05) is 0 Å². The summed E-state index contributed by atoms with van der Waals surface area (Å²) in [5, 5.41) is 19.1. The number of nitrogens with two attached hydrogens (primary N) is 1. The molecule has 5 N–H and O–H groups in total. The van der Waals surface area contributed by atoms with Gasteiger partial charge in [0.25, 0.3) is 5.91 Å². The molecule has 0 fully saturated rings. The van der Waals surface area contributed by atoms with E-state index < -0.39 is 16.9 Å². The number of aromatic nitrogens is 1. The van der Waals surface area contributed by atoms with Crippen molar-refractivity contribution in [3.8, 4) is 27.4 Å². The average molecular weight is 458 g/mol. The van der Waals surface area contributed by atoms with Gasteiger partial charge >= 0.3 is 11.7 Å². The van der Waals surface area contributed by atoms with E-state index in [-0.39, 0.29) is 22.6 Å². The number of urea groups is 1. The number of nitrogens with one attached hydrogen (secondary N) is 3. The Kier molecular flexibility index (Phi) is 7.45. The Labute approximate surface area is 187 Å². The Morgan fingerprint density at radius 3 is 2.41 bits per heavy atom. The minimum atomic E-state index is -0.598. The van der Waals surface area contributed by atoms with Crippen LogP contribution in [0.1, 0.15) is 23.3 Å². The molecule has 11 heteroatoms. The van der Waals surface area contributed by atoms with Crippen LogP contribution in [0.2, 0.25) is 0 Å². The maximum Gasteiger partial charge on any atom is 0.312 e. The number of unbranched alkanes of at least 4 members (excludes halogenated alkanes) is 1. The van der Waals surface area contributed by atoms with Crippen LogP contribution in [0, 0.1) is 10.1 Å². The highest BCUT2D eigenvalue weighted by atomic mass is 32.1. The van der Waals surface area contributed by atoms with Crippen LogP contribution in [0.25, 0.3) is 21.7 Å². The predicted molar refractivity (Wildman–Crippen MR) is 122 cm³/mol. The lowest BCUT2D eigenvalue weighted by Gasteiger charge is -2.06. The van der Waals surface area contributed by atoms with Gasteiger partial charge in [-0.3, -0.25) is 14.9 Å². The normalized spacial score (nSPS) is 10.5. The summed E-state index contributed by atoms with van der Waals surface area (Å²) in [7, 11) is 1.54. The van der Waals surface area contributed by atoms with Crippen LogP contribution >= 0.6 is 11.3 Å². The smallest absolute Gasteiger partial charge is 0.312 e. The molecule has 0 atom stereocenters. The maximum absolute atomic E-state index is 13.0. The number of amides is 3. The summed E-state index contributed by atoms with van der Waals surface area (Å²) in [6.07, 6.45) is 1.23. The van der Waals surface area contributed by atoms with E-state index >= 15 is 0 Å². The van der Waals surface area contributed by atoms with Crippen molar-refractivity contribution in [3.05, 3.63) is 57.6 Å². The molecule has 0 aliphatic heterocycles. The van der Waals surface area contributed by atoms with Gasteiger partial charge in [-0.1, -0.05) is 6.07 Å². The van der Waals surface area contributed by atoms with E-state index in [4.69, 9.17) is 10.5 Å². The molecule has 0 saturated carbocycles. The number of hydrogen-bond acceptors (Lipinski definition) is 6. The summed E-state index contributed by atoms with van der Waals surface area (Å²) in [6.45, 7) is 0.745. The fourth-order valence-electron chi connectivity index (χ4n) is 3.22. The highest BCUT2D eigenvalue weighted by Crippen LogP contribution is 2.43. The molecule has 3 aromatic rings. The first kappa shape index (κ1) is 22.8. The first-order valence-corrected chi connectivity index (χ1v) is 10.7. The maximum atomic E-state index is 13.0. The Morgan fingerprint density at radius 1 is 1.16 bits per heavy atom. The van der Waals surface area contributed by atoms with E-state index in [1.54, 1.807) is 41.8 Å². The van der Waals surface area contributed by atoms with Gasteiger partial charge in [0.2, 0.25) is 0 Å².